The molecule has 0 radical (unpaired) electrons. The van der Waals surface area contributed by atoms with Crippen LogP contribution in [-0.2, 0) is 29.1 Å². The minimum atomic E-state index is -0.375. The lowest BCUT2D eigenvalue weighted by Crippen LogP contribution is -2.49. The van der Waals surface area contributed by atoms with Gasteiger partial charge >= 0.3 is 6.01 Å². The molecule has 6 N–H and O–H groups in total. The average Bonchev–Trinajstić information content (AvgIpc) is 3.62. The maximum absolute atomic E-state index is 13.0. The van der Waals surface area contributed by atoms with Crippen molar-refractivity contribution in [2.24, 2.45) is 0 Å². The minimum absolute atomic E-state index is 0.111. The number of phenols is 3. The molecule has 16 heteroatoms. The van der Waals surface area contributed by atoms with E-state index in [9.17, 15) is 30.0 Å². The van der Waals surface area contributed by atoms with E-state index in [-0.39, 0.29) is 59.4 Å². The van der Waals surface area contributed by atoms with Gasteiger partial charge in [-0.15, -0.1) is 5.10 Å². The Labute approximate surface area is 334 Å². The summed E-state index contributed by atoms with van der Waals surface area (Å²) in [7, 11) is 0. The van der Waals surface area contributed by atoms with E-state index in [0.29, 0.717) is 63.7 Å². The Morgan fingerprint density at radius 3 is 2.38 bits per heavy atom. The fourth-order valence-corrected chi connectivity index (χ4v) is 7.62. The van der Waals surface area contributed by atoms with Crippen molar-refractivity contribution in [1.29, 1.82) is 0 Å². The largest absolute Gasteiger partial charge is 0.508 e. The molecule has 2 amide bonds. The Morgan fingerprint density at radius 2 is 1.60 bits per heavy atom. The molecule has 2 aliphatic rings. The molecule has 0 aliphatic carbocycles. The normalized spacial score (nSPS) is 14.1. The fraction of sp³-hybridized carbons (Fsp3) is 0.286. The van der Waals surface area contributed by atoms with Crippen molar-refractivity contribution in [3.05, 3.63) is 95.7 Å². The number of benzene rings is 4. The van der Waals surface area contributed by atoms with Crippen molar-refractivity contribution in [2.75, 3.05) is 54.4 Å². The highest BCUT2D eigenvalue weighted by Gasteiger charge is 2.29. The van der Waals surface area contributed by atoms with Gasteiger partial charge in [-0.2, -0.15) is 4.98 Å². The van der Waals surface area contributed by atoms with Gasteiger partial charge in [-0.05, 0) is 47.7 Å². The van der Waals surface area contributed by atoms with Crippen LogP contribution in [0.1, 0.15) is 36.6 Å². The summed E-state index contributed by atoms with van der Waals surface area (Å²) < 4.78 is 1.37. The molecule has 298 valence electrons. The van der Waals surface area contributed by atoms with Gasteiger partial charge in [0.2, 0.25) is 17.8 Å². The lowest BCUT2D eigenvalue weighted by molar-refractivity contribution is -0.131. The third kappa shape index (κ3) is 7.80. The van der Waals surface area contributed by atoms with Crippen LogP contribution >= 0.6 is 0 Å². The molecule has 16 nitrogen and oxygen atoms in total. The van der Waals surface area contributed by atoms with Gasteiger partial charge in [-0.3, -0.25) is 9.59 Å². The third-order valence-electron chi connectivity index (χ3n) is 10.6. The van der Waals surface area contributed by atoms with Crippen LogP contribution < -0.4 is 20.4 Å². The van der Waals surface area contributed by atoms with E-state index in [4.69, 9.17) is 9.97 Å². The number of carbonyl (C=O) groups excluding carboxylic acids is 2. The zero-order valence-corrected chi connectivity index (χ0v) is 32.0. The SMILES string of the molecule is CCC(=O)N1CCN(c2nc(NCCC(=O)NCc3ccc(-n4c(O)nnc4-c4ccc(O)cc4O)cc3)nc3c2CCN(c2cc(O)cc4ccccc24)C3)CC1. The van der Waals surface area contributed by atoms with Crippen molar-refractivity contribution in [3.63, 3.8) is 0 Å². The molecule has 0 spiro atoms. The number of aromatic nitrogens is 5. The van der Waals surface area contributed by atoms with E-state index in [1.165, 1.54) is 22.8 Å². The van der Waals surface area contributed by atoms with E-state index in [1.807, 2.05) is 30.0 Å². The predicted octanol–water partition coefficient (Wildman–Crippen LogP) is 4.44. The summed E-state index contributed by atoms with van der Waals surface area (Å²) in [4.78, 5) is 41.7. The quantitative estimate of drug-likeness (QED) is 0.108. The number of hydrogen-bond donors (Lipinski definition) is 6. The smallest absolute Gasteiger partial charge is 0.319 e. The summed E-state index contributed by atoms with van der Waals surface area (Å²) in [6.07, 6.45) is 1.35. The van der Waals surface area contributed by atoms with Crippen molar-refractivity contribution >= 4 is 40.0 Å². The van der Waals surface area contributed by atoms with Gasteiger partial charge in [0.05, 0.1) is 23.5 Å². The summed E-state index contributed by atoms with van der Waals surface area (Å²) in [5.41, 5.74) is 4.50. The Balaban J connectivity index is 0.936. The molecule has 0 unspecified atom stereocenters. The predicted molar refractivity (Wildman–Crippen MR) is 218 cm³/mol. The molecule has 1 fully saturated rings. The van der Waals surface area contributed by atoms with Crippen LogP contribution in [0.4, 0.5) is 17.5 Å². The van der Waals surface area contributed by atoms with Gasteiger partial charge < -0.3 is 45.8 Å². The molecule has 4 heterocycles. The number of anilines is 3. The minimum Gasteiger partial charge on any atom is -0.508 e. The number of carbonyl (C=O) groups is 2. The van der Waals surface area contributed by atoms with E-state index >= 15 is 0 Å². The van der Waals surface area contributed by atoms with Crippen molar-refractivity contribution in [2.45, 2.75) is 39.3 Å². The summed E-state index contributed by atoms with van der Waals surface area (Å²) in [5.74, 6) is 1.30. The van der Waals surface area contributed by atoms with Crippen LogP contribution in [0, 0.1) is 0 Å². The first-order valence-electron chi connectivity index (χ1n) is 19.3. The maximum atomic E-state index is 13.0. The topological polar surface area (TPSA) is 205 Å². The van der Waals surface area contributed by atoms with Crippen LogP contribution in [0.15, 0.2) is 78.9 Å². The molecule has 6 aromatic rings. The second-order valence-corrected chi connectivity index (χ2v) is 14.4. The van der Waals surface area contributed by atoms with Gasteiger partial charge in [0.25, 0.3) is 0 Å². The summed E-state index contributed by atoms with van der Waals surface area (Å²) in [5, 5.41) is 57.0. The van der Waals surface area contributed by atoms with Gasteiger partial charge in [0.15, 0.2) is 5.82 Å². The summed E-state index contributed by atoms with van der Waals surface area (Å²) in [6, 6.07) is 22.3. The Bertz CT molecular complexity index is 2480. The van der Waals surface area contributed by atoms with Crippen LogP contribution in [-0.4, -0.2) is 101 Å². The third-order valence-corrected chi connectivity index (χ3v) is 10.6. The lowest BCUT2D eigenvalue weighted by Gasteiger charge is -2.38. The Morgan fingerprint density at radius 1 is 0.810 bits per heavy atom. The zero-order valence-electron chi connectivity index (χ0n) is 32.0. The molecule has 2 aliphatic heterocycles. The lowest BCUT2D eigenvalue weighted by atomic mass is 10.0. The molecule has 4 aromatic carbocycles. The number of rotatable bonds is 11. The van der Waals surface area contributed by atoms with E-state index < -0.39 is 0 Å². The standard InChI is InChI=1S/C42H44N10O6/c1-2-38(57)49-17-19-50(20-18-49)39-32-14-16-51(35-22-30(54)21-27-5-3-4-6-31(27)35)25-34(32)45-41(46-39)43-15-13-37(56)44-24-26-7-9-28(10-8-26)52-40(47-48-42(52)58)33-12-11-29(53)23-36(33)55/h3-12,21-23,53-55H,2,13-20,24-25H2,1H3,(H,44,56)(H,48,58)(H,43,45,46). The van der Waals surface area contributed by atoms with Gasteiger partial charge in [-0.1, -0.05) is 48.4 Å². The number of hydrogen-bond acceptors (Lipinski definition) is 13. The monoisotopic (exact) mass is 784 g/mol. The van der Waals surface area contributed by atoms with Crippen LogP contribution in [0.3, 0.4) is 0 Å². The van der Waals surface area contributed by atoms with E-state index in [1.54, 1.807) is 36.4 Å². The highest BCUT2D eigenvalue weighted by atomic mass is 16.3. The van der Waals surface area contributed by atoms with Crippen molar-refractivity contribution < 1.29 is 30.0 Å². The molecule has 8 rings (SSSR count). The fourth-order valence-electron chi connectivity index (χ4n) is 7.62. The van der Waals surface area contributed by atoms with Crippen LogP contribution in [0.5, 0.6) is 23.3 Å². The van der Waals surface area contributed by atoms with Gasteiger partial charge in [0.1, 0.15) is 23.1 Å². The number of nitrogens with zero attached hydrogens (tertiary/aromatic N) is 8. The van der Waals surface area contributed by atoms with Crippen molar-refractivity contribution in [1.82, 2.24) is 34.9 Å². The molecular weight excluding hydrogens is 741 g/mol. The highest BCUT2D eigenvalue weighted by Crippen LogP contribution is 2.37. The number of fused-ring (bicyclic) bond motifs is 2. The van der Waals surface area contributed by atoms with Gasteiger partial charge in [0, 0.05) is 87.4 Å². The molecule has 0 atom stereocenters. The molecule has 2 aromatic heterocycles. The number of aromatic hydroxyl groups is 4. The first kappa shape index (κ1) is 37.8. The first-order chi connectivity index (χ1) is 28.1. The zero-order chi connectivity index (χ0) is 40.3. The second kappa shape index (κ2) is 16.2. The molecule has 0 bridgehead atoms. The molecule has 58 heavy (non-hydrogen) atoms. The highest BCUT2D eigenvalue weighted by molar-refractivity contribution is 5.95. The summed E-state index contributed by atoms with van der Waals surface area (Å²) in [6.45, 7) is 6.22. The molecule has 1 saturated heterocycles. The van der Waals surface area contributed by atoms with Crippen LogP contribution in [0.2, 0.25) is 0 Å². The summed E-state index contributed by atoms with van der Waals surface area (Å²) >= 11 is 0. The number of piperazine rings is 1. The van der Waals surface area contributed by atoms with E-state index in [0.717, 1.165) is 45.6 Å². The second-order valence-electron chi connectivity index (χ2n) is 14.4. The Hall–Kier alpha value is -7.10. The number of phenolic OH excluding ortho intramolecular Hbond substituents is 3. The average molecular weight is 785 g/mol. The maximum Gasteiger partial charge on any atom is 0.319 e. The molecular formula is C42H44N10O6. The molecule has 0 saturated carbocycles. The number of amides is 2. The number of nitrogens with one attached hydrogen (secondary N) is 2. The first-order valence-corrected chi connectivity index (χ1v) is 19.3. The Kier molecular flexibility index (Phi) is 10.5. The van der Waals surface area contributed by atoms with Crippen molar-refractivity contribution in [3.8, 4) is 40.3 Å². The van der Waals surface area contributed by atoms with Crippen LogP contribution in [0.25, 0.3) is 27.8 Å². The van der Waals surface area contributed by atoms with E-state index in [2.05, 4.69) is 36.7 Å². The van der Waals surface area contributed by atoms with Gasteiger partial charge in [-0.25, -0.2) is 9.55 Å².